The Kier molecular flexibility index (Phi) is 4.88. The van der Waals surface area contributed by atoms with Crippen molar-refractivity contribution in [2.45, 2.75) is 25.4 Å². The lowest BCUT2D eigenvalue weighted by Crippen LogP contribution is -2.45. The van der Waals surface area contributed by atoms with Crippen LogP contribution in [0.1, 0.15) is 18.4 Å². The van der Waals surface area contributed by atoms with Crippen LogP contribution >= 0.6 is 0 Å². The van der Waals surface area contributed by atoms with E-state index in [1.54, 1.807) is 18.3 Å². The quantitative estimate of drug-likeness (QED) is 0.739. The van der Waals surface area contributed by atoms with Gasteiger partial charge < -0.3 is 10.2 Å². The van der Waals surface area contributed by atoms with Gasteiger partial charge in [-0.05, 0) is 49.2 Å². The van der Waals surface area contributed by atoms with Gasteiger partial charge in [0.15, 0.2) is 5.82 Å². The number of rotatable bonds is 5. The van der Waals surface area contributed by atoms with Crippen molar-refractivity contribution in [3.05, 3.63) is 60.2 Å². The molecule has 3 heterocycles. The van der Waals surface area contributed by atoms with Crippen molar-refractivity contribution in [3.63, 3.8) is 0 Å². The van der Waals surface area contributed by atoms with Crippen molar-refractivity contribution in [2.75, 3.05) is 18.0 Å². The average Bonchev–Trinajstić information content (AvgIpc) is 3.16. The summed E-state index contributed by atoms with van der Waals surface area (Å²) in [6.07, 6.45) is 5.76. The van der Waals surface area contributed by atoms with Crippen LogP contribution in [0.4, 0.5) is 10.2 Å². The van der Waals surface area contributed by atoms with E-state index in [1.165, 1.54) is 12.1 Å². The molecule has 0 spiro atoms. The fourth-order valence-corrected chi connectivity index (χ4v) is 3.38. The smallest absolute Gasteiger partial charge is 0.151 e. The number of H-pyrrole nitrogens is 1. The molecule has 0 bridgehead atoms. The maximum atomic E-state index is 13.1. The molecule has 4 rings (SSSR count). The van der Waals surface area contributed by atoms with Crippen LogP contribution in [0.2, 0.25) is 0 Å². The molecule has 134 valence electrons. The van der Waals surface area contributed by atoms with E-state index >= 15 is 0 Å². The predicted molar refractivity (Wildman–Crippen MR) is 98.1 cm³/mol. The van der Waals surface area contributed by atoms with Crippen molar-refractivity contribution in [1.29, 1.82) is 0 Å². The molecule has 0 radical (unpaired) electrons. The van der Waals surface area contributed by atoms with E-state index in [-0.39, 0.29) is 5.82 Å². The number of nitrogens with zero attached hydrogens (tertiary/aromatic N) is 4. The number of halogens is 1. The van der Waals surface area contributed by atoms with Crippen LogP contribution in [0.3, 0.4) is 0 Å². The predicted octanol–water partition coefficient (Wildman–Crippen LogP) is 2.76. The fraction of sp³-hybridized carbons (Fsp3) is 0.316. The van der Waals surface area contributed by atoms with Gasteiger partial charge in [0.05, 0.1) is 11.9 Å². The van der Waals surface area contributed by atoms with Gasteiger partial charge in [-0.15, -0.1) is 5.10 Å². The molecule has 2 N–H and O–H groups in total. The van der Waals surface area contributed by atoms with E-state index in [0.717, 1.165) is 48.6 Å². The molecule has 0 aliphatic carbocycles. The first-order chi connectivity index (χ1) is 12.8. The van der Waals surface area contributed by atoms with Crippen molar-refractivity contribution < 1.29 is 4.39 Å². The number of nitrogens with one attached hydrogen (secondary N) is 2. The molecule has 1 saturated heterocycles. The van der Waals surface area contributed by atoms with Gasteiger partial charge in [0.25, 0.3) is 0 Å². The Morgan fingerprint density at radius 1 is 1.23 bits per heavy atom. The monoisotopic (exact) mass is 352 g/mol. The second-order valence-corrected chi connectivity index (χ2v) is 6.53. The Hall–Kier alpha value is -2.80. The number of aromatic amines is 1. The number of anilines is 1. The summed E-state index contributed by atoms with van der Waals surface area (Å²) in [7, 11) is 0. The molecule has 1 aliphatic rings. The minimum atomic E-state index is -0.237. The molecule has 1 unspecified atom stereocenters. The first kappa shape index (κ1) is 16.7. The van der Waals surface area contributed by atoms with Gasteiger partial charge in [-0.3, -0.25) is 5.10 Å². The highest BCUT2D eigenvalue weighted by Gasteiger charge is 2.21. The molecule has 3 aromatic rings. The normalized spacial score (nSPS) is 17.4. The van der Waals surface area contributed by atoms with E-state index in [2.05, 4.69) is 30.6 Å². The molecular formula is C19H21FN6. The van der Waals surface area contributed by atoms with Gasteiger partial charge in [-0.25, -0.2) is 4.39 Å². The Labute approximate surface area is 151 Å². The van der Waals surface area contributed by atoms with Gasteiger partial charge in [0.2, 0.25) is 0 Å². The van der Waals surface area contributed by atoms with Gasteiger partial charge in [0, 0.05) is 43.0 Å². The maximum absolute atomic E-state index is 13.1. The van der Waals surface area contributed by atoms with E-state index < -0.39 is 0 Å². The van der Waals surface area contributed by atoms with Crippen molar-refractivity contribution >= 4 is 5.82 Å². The standard InChI is InChI=1S/C19H21FN6/c20-16-7-5-14(6-8-16)19-15(12-23-25-19)11-21-17-3-2-10-26(13-17)18-4-1-9-22-24-18/h1,4-9,12,17,21H,2-3,10-11,13H2,(H,23,25). The first-order valence-corrected chi connectivity index (χ1v) is 8.84. The summed E-state index contributed by atoms with van der Waals surface area (Å²) in [5.41, 5.74) is 2.94. The zero-order valence-corrected chi connectivity index (χ0v) is 14.4. The Bertz CT molecular complexity index is 833. The summed E-state index contributed by atoms with van der Waals surface area (Å²) in [6, 6.07) is 10.8. The molecular weight excluding hydrogens is 331 g/mol. The van der Waals surface area contributed by atoms with Crippen LogP contribution in [-0.4, -0.2) is 39.5 Å². The van der Waals surface area contributed by atoms with E-state index in [4.69, 9.17) is 0 Å². The molecule has 6 nitrogen and oxygen atoms in total. The second-order valence-electron chi connectivity index (χ2n) is 6.53. The molecule has 2 aromatic heterocycles. The number of piperidine rings is 1. The summed E-state index contributed by atoms with van der Waals surface area (Å²) in [5.74, 6) is 0.688. The lowest BCUT2D eigenvalue weighted by Gasteiger charge is -2.33. The molecule has 1 aliphatic heterocycles. The SMILES string of the molecule is Fc1ccc(-c2[nH]ncc2CNC2CCCN(c3cccnn3)C2)cc1. The Morgan fingerprint density at radius 3 is 2.92 bits per heavy atom. The molecule has 0 amide bonds. The highest BCUT2D eigenvalue weighted by atomic mass is 19.1. The average molecular weight is 352 g/mol. The maximum Gasteiger partial charge on any atom is 0.151 e. The highest BCUT2D eigenvalue weighted by molar-refractivity contribution is 5.62. The van der Waals surface area contributed by atoms with E-state index in [1.807, 2.05) is 18.3 Å². The first-order valence-electron chi connectivity index (χ1n) is 8.84. The van der Waals surface area contributed by atoms with Crippen LogP contribution in [0.25, 0.3) is 11.3 Å². The van der Waals surface area contributed by atoms with Gasteiger partial charge >= 0.3 is 0 Å². The van der Waals surface area contributed by atoms with Crippen LogP contribution in [0.5, 0.6) is 0 Å². The summed E-state index contributed by atoms with van der Waals surface area (Å²) < 4.78 is 13.1. The summed E-state index contributed by atoms with van der Waals surface area (Å²) in [4.78, 5) is 2.27. The summed E-state index contributed by atoms with van der Waals surface area (Å²) in [6.45, 7) is 2.62. The van der Waals surface area contributed by atoms with Crippen molar-refractivity contribution in [2.24, 2.45) is 0 Å². The van der Waals surface area contributed by atoms with Crippen molar-refractivity contribution in [3.8, 4) is 11.3 Å². The molecule has 0 saturated carbocycles. The number of benzene rings is 1. The highest BCUT2D eigenvalue weighted by Crippen LogP contribution is 2.22. The van der Waals surface area contributed by atoms with Gasteiger partial charge in [-0.2, -0.15) is 10.2 Å². The zero-order valence-electron chi connectivity index (χ0n) is 14.4. The molecule has 1 fully saturated rings. The van der Waals surface area contributed by atoms with Gasteiger partial charge in [-0.1, -0.05) is 0 Å². The molecule has 1 atom stereocenters. The largest absolute Gasteiger partial charge is 0.354 e. The third-order valence-electron chi connectivity index (χ3n) is 4.74. The number of hydrogen-bond acceptors (Lipinski definition) is 5. The number of hydrogen-bond donors (Lipinski definition) is 2. The second kappa shape index (κ2) is 7.61. The Balaban J connectivity index is 1.40. The third kappa shape index (κ3) is 3.72. The third-order valence-corrected chi connectivity index (χ3v) is 4.74. The van der Waals surface area contributed by atoms with E-state index in [0.29, 0.717) is 12.6 Å². The molecule has 7 heteroatoms. The minimum absolute atomic E-state index is 0.237. The number of aromatic nitrogens is 4. The fourth-order valence-electron chi connectivity index (χ4n) is 3.38. The van der Waals surface area contributed by atoms with Crippen molar-refractivity contribution in [1.82, 2.24) is 25.7 Å². The zero-order chi connectivity index (χ0) is 17.8. The van der Waals surface area contributed by atoms with Crippen LogP contribution in [-0.2, 0) is 6.54 Å². The van der Waals surface area contributed by atoms with Crippen LogP contribution in [0, 0.1) is 5.82 Å². The Morgan fingerprint density at radius 2 is 2.12 bits per heavy atom. The molecule has 1 aromatic carbocycles. The van der Waals surface area contributed by atoms with Crippen LogP contribution < -0.4 is 10.2 Å². The lowest BCUT2D eigenvalue weighted by molar-refractivity contribution is 0.419. The molecule has 26 heavy (non-hydrogen) atoms. The topological polar surface area (TPSA) is 69.7 Å². The summed E-state index contributed by atoms with van der Waals surface area (Å²) in [5, 5.41) is 19.0. The van der Waals surface area contributed by atoms with Gasteiger partial charge in [0.1, 0.15) is 5.82 Å². The summed E-state index contributed by atoms with van der Waals surface area (Å²) >= 11 is 0. The van der Waals surface area contributed by atoms with E-state index in [9.17, 15) is 4.39 Å². The lowest BCUT2D eigenvalue weighted by atomic mass is 10.0. The minimum Gasteiger partial charge on any atom is -0.354 e. The van der Waals surface area contributed by atoms with Crippen LogP contribution in [0.15, 0.2) is 48.8 Å².